The standard InChI is InChI=1S/C20H22F2N2O3/c1-19(2,18(23)26)14-9-15(20(27,10-25)12-5-6-12)24-17(16(14)22)11-3-7-13(21)8-4-11/h3-4,7-9,12,25,27H,5-6,10H2,1-2H3,(H2,23,26)/t20-/m1/s1. The first-order chi connectivity index (χ1) is 12.6. The molecule has 0 spiro atoms. The van der Waals surface area contributed by atoms with Gasteiger partial charge >= 0.3 is 0 Å². The Bertz CT molecular complexity index is 880. The Balaban J connectivity index is 2.28. The van der Waals surface area contributed by atoms with E-state index in [-0.39, 0.29) is 28.4 Å². The number of aromatic nitrogens is 1. The van der Waals surface area contributed by atoms with Gasteiger partial charge in [-0.1, -0.05) is 0 Å². The highest BCUT2D eigenvalue weighted by Gasteiger charge is 2.47. The predicted molar refractivity (Wildman–Crippen MR) is 95.5 cm³/mol. The number of amides is 1. The molecule has 0 unspecified atom stereocenters. The van der Waals surface area contributed by atoms with Gasteiger partial charge in [0.1, 0.15) is 17.1 Å². The molecule has 0 bridgehead atoms. The lowest BCUT2D eigenvalue weighted by Crippen LogP contribution is -2.39. The van der Waals surface area contributed by atoms with Crippen LogP contribution in [0.2, 0.25) is 0 Å². The number of rotatable bonds is 6. The molecule has 0 radical (unpaired) electrons. The number of hydrogen-bond donors (Lipinski definition) is 3. The van der Waals surface area contributed by atoms with Crippen molar-refractivity contribution in [2.24, 2.45) is 11.7 Å². The highest BCUT2D eigenvalue weighted by atomic mass is 19.1. The van der Waals surface area contributed by atoms with Crippen LogP contribution in [0.1, 0.15) is 37.9 Å². The van der Waals surface area contributed by atoms with Crippen molar-refractivity contribution in [2.45, 2.75) is 37.7 Å². The molecule has 3 rings (SSSR count). The van der Waals surface area contributed by atoms with Crippen molar-refractivity contribution in [1.29, 1.82) is 0 Å². The zero-order valence-electron chi connectivity index (χ0n) is 15.2. The van der Waals surface area contributed by atoms with Gasteiger partial charge in [0.05, 0.1) is 17.7 Å². The number of nitrogens with two attached hydrogens (primary N) is 1. The Labute approximate surface area is 155 Å². The van der Waals surface area contributed by atoms with Gasteiger partial charge in [0, 0.05) is 11.1 Å². The third-order valence-corrected chi connectivity index (χ3v) is 5.30. The van der Waals surface area contributed by atoms with Crippen molar-refractivity contribution in [2.75, 3.05) is 6.61 Å². The molecule has 1 fully saturated rings. The quantitative estimate of drug-likeness (QED) is 0.721. The molecule has 27 heavy (non-hydrogen) atoms. The summed E-state index contributed by atoms with van der Waals surface area (Å²) in [5, 5.41) is 20.7. The minimum absolute atomic E-state index is 0.0353. The third-order valence-electron chi connectivity index (χ3n) is 5.30. The zero-order valence-corrected chi connectivity index (χ0v) is 15.2. The fourth-order valence-electron chi connectivity index (χ4n) is 3.12. The van der Waals surface area contributed by atoms with E-state index in [1.807, 2.05) is 0 Å². The fraction of sp³-hybridized carbons (Fsp3) is 0.400. The van der Waals surface area contributed by atoms with Crippen molar-refractivity contribution in [3.05, 3.63) is 53.2 Å². The lowest BCUT2D eigenvalue weighted by molar-refractivity contribution is -0.122. The Morgan fingerprint density at radius 2 is 1.85 bits per heavy atom. The predicted octanol–water partition coefficient (Wildman–Crippen LogP) is 2.38. The van der Waals surface area contributed by atoms with Gasteiger partial charge in [0.15, 0.2) is 5.82 Å². The maximum atomic E-state index is 15.3. The van der Waals surface area contributed by atoms with Crippen LogP contribution in [-0.2, 0) is 15.8 Å². The summed E-state index contributed by atoms with van der Waals surface area (Å²) in [6.45, 7) is 2.36. The number of carbonyl (C=O) groups is 1. The molecular formula is C20H22F2N2O3. The molecule has 1 heterocycles. The summed E-state index contributed by atoms with van der Waals surface area (Å²) in [6.07, 6.45) is 1.41. The number of nitrogens with zero attached hydrogens (tertiary/aromatic N) is 1. The summed E-state index contributed by atoms with van der Waals surface area (Å²) >= 11 is 0. The number of carbonyl (C=O) groups excluding carboxylic acids is 1. The Hall–Kier alpha value is -2.38. The lowest BCUT2D eigenvalue weighted by Gasteiger charge is -2.29. The maximum Gasteiger partial charge on any atom is 0.227 e. The van der Waals surface area contributed by atoms with Crippen LogP contribution >= 0.6 is 0 Å². The molecule has 7 heteroatoms. The van der Waals surface area contributed by atoms with Gasteiger partial charge < -0.3 is 15.9 Å². The molecule has 1 aromatic heterocycles. The first-order valence-corrected chi connectivity index (χ1v) is 8.72. The maximum absolute atomic E-state index is 15.3. The van der Waals surface area contributed by atoms with Crippen LogP contribution in [0.25, 0.3) is 11.3 Å². The van der Waals surface area contributed by atoms with E-state index in [4.69, 9.17) is 5.73 Å². The second-order valence-corrected chi connectivity index (χ2v) is 7.57. The first kappa shape index (κ1) is 19.4. The molecule has 1 saturated carbocycles. The van der Waals surface area contributed by atoms with Crippen LogP contribution in [0.15, 0.2) is 30.3 Å². The molecular weight excluding hydrogens is 354 g/mol. The molecule has 2 aromatic rings. The highest BCUT2D eigenvalue weighted by Crippen LogP contribution is 2.46. The van der Waals surface area contributed by atoms with E-state index in [1.54, 1.807) is 0 Å². The Morgan fingerprint density at radius 1 is 1.26 bits per heavy atom. The van der Waals surface area contributed by atoms with Crippen LogP contribution in [-0.4, -0.2) is 27.7 Å². The number of pyridine rings is 1. The Kier molecular flexibility index (Phi) is 4.78. The number of aliphatic hydroxyl groups excluding tert-OH is 1. The summed E-state index contributed by atoms with van der Waals surface area (Å²) in [5.74, 6) is -2.21. The third kappa shape index (κ3) is 3.33. The van der Waals surface area contributed by atoms with E-state index in [0.29, 0.717) is 12.8 Å². The largest absolute Gasteiger partial charge is 0.393 e. The van der Waals surface area contributed by atoms with Crippen molar-refractivity contribution in [1.82, 2.24) is 4.98 Å². The van der Waals surface area contributed by atoms with Crippen LogP contribution < -0.4 is 5.73 Å². The molecule has 0 aliphatic heterocycles. The summed E-state index contributed by atoms with van der Waals surface area (Å²) in [4.78, 5) is 16.2. The molecule has 0 saturated heterocycles. The van der Waals surface area contributed by atoms with Gasteiger partial charge in [0.2, 0.25) is 5.91 Å². The molecule has 1 amide bonds. The van der Waals surface area contributed by atoms with Crippen molar-refractivity contribution < 1.29 is 23.8 Å². The van der Waals surface area contributed by atoms with Crippen LogP contribution in [0.3, 0.4) is 0 Å². The second kappa shape index (κ2) is 6.65. The van der Waals surface area contributed by atoms with Gasteiger partial charge in [-0.05, 0) is 62.9 Å². The molecule has 1 aliphatic rings. The average Bonchev–Trinajstić information content (AvgIpc) is 3.47. The molecule has 4 N–H and O–H groups in total. The molecule has 5 nitrogen and oxygen atoms in total. The highest BCUT2D eigenvalue weighted by molar-refractivity contribution is 5.86. The van der Waals surface area contributed by atoms with E-state index >= 15 is 4.39 Å². The SMILES string of the molecule is CC(C)(C(N)=O)c1cc([C@@](O)(CO)C2CC2)nc(-c2ccc(F)cc2)c1F. The first-order valence-electron chi connectivity index (χ1n) is 8.72. The summed E-state index contributed by atoms with van der Waals surface area (Å²) in [5.41, 5.74) is 2.61. The number of aliphatic hydroxyl groups is 2. The second-order valence-electron chi connectivity index (χ2n) is 7.57. The van der Waals surface area contributed by atoms with Crippen LogP contribution in [0.4, 0.5) is 8.78 Å². The fourth-order valence-corrected chi connectivity index (χ4v) is 3.12. The van der Waals surface area contributed by atoms with Gasteiger partial charge in [-0.3, -0.25) is 4.79 Å². The molecule has 1 aromatic carbocycles. The van der Waals surface area contributed by atoms with E-state index in [1.165, 1.54) is 44.2 Å². The topological polar surface area (TPSA) is 96.4 Å². The number of hydrogen-bond acceptors (Lipinski definition) is 4. The molecule has 1 aliphatic carbocycles. The smallest absolute Gasteiger partial charge is 0.227 e. The van der Waals surface area contributed by atoms with Crippen molar-refractivity contribution >= 4 is 5.91 Å². The number of primary amides is 1. The van der Waals surface area contributed by atoms with Gasteiger partial charge in [0.25, 0.3) is 0 Å². The zero-order chi connectivity index (χ0) is 20.0. The van der Waals surface area contributed by atoms with Gasteiger partial charge in [-0.15, -0.1) is 0 Å². The van der Waals surface area contributed by atoms with Crippen molar-refractivity contribution in [3.8, 4) is 11.3 Å². The minimum atomic E-state index is -1.65. The molecule has 1 atom stereocenters. The normalized spacial score (nSPS) is 16.8. The summed E-state index contributed by atoms with van der Waals surface area (Å²) < 4.78 is 28.6. The minimum Gasteiger partial charge on any atom is -0.393 e. The number of halogens is 2. The summed E-state index contributed by atoms with van der Waals surface area (Å²) in [7, 11) is 0. The lowest BCUT2D eigenvalue weighted by atomic mass is 9.81. The van der Waals surface area contributed by atoms with E-state index in [9.17, 15) is 19.4 Å². The van der Waals surface area contributed by atoms with Crippen molar-refractivity contribution in [3.63, 3.8) is 0 Å². The van der Waals surface area contributed by atoms with E-state index in [2.05, 4.69) is 4.98 Å². The van der Waals surface area contributed by atoms with E-state index in [0.717, 1.165) is 0 Å². The summed E-state index contributed by atoms with van der Waals surface area (Å²) in [6, 6.07) is 6.35. The van der Waals surface area contributed by atoms with Gasteiger partial charge in [-0.25, -0.2) is 13.8 Å². The average molecular weight is 376 g/mol. The van der Waals surface area contributed by atoms with Crippen LogP contribution in [0, 0.1) is 17.6 Å². The van der Waals surface area contributed by atoms with Crippen LogP contribution in [0.5, 0.6) is 0 Å². The van der Waals surface area contributed by atoms with E-state index < -0.39 is 35.2 Å². The Morgan fingerprint density at radius 3 is 2.33 bits per heavy atom. The molecule has 144 valence electrons. The monoisotopic (exact) mass is 376 g/mol. The van der Waals surface area contributed by atoms with Gasteiger partial charge in [-0.2, -0.15) is 0 Å². The number of benzene rings is 1.